The van der Waals surface area contributed by atoms with Crippen LogP contribution < -0.4 is 11.1 Å². The van der Waals surface area contributed by atoms with Crippen LogP contribution in [0.1, 0.15) is 36.7 Å². The van der Waals surface area contributed by atoms with Gasteiger partial charge in [0, 0.05) is 18.4 Å². The van der Waals surface area contributed by atoms with E-state index in [1.807, 2.05) is 0 Å². The molecular weight excluding hydrogens is 190 g/mol. The molecule has 1 aromatic rings. The van der Waals surface area contributed by atoms with E-state index in [9.17, 15) is 4.79 Å². The van der Waals surface area contributed by atoms with Crippen molar-refractivity contribution in [3.8, 4) is 0 Å². The molecule has 0 saturated heterocycles. The molecule has 1 aromatic heterocycles. The third kappa shape index (κ3) is 2.14. The lowest BCUT2D eigenvalue weighted by atomic mass is 9.70. The van der Waals surface area contributed by atoms with E-state index < -0.39 is 0 Å². The summed E-state index contributed by atoms with van der Waals surface area (Å²) in [5.74, 6) is -0.0696. The molecule has 0 bridgehead atoms. The Balaban J connectivity index is 1.87. The van der Waals surface area contributed by atoms with Crippen molar-refractivity contribution in [3.63, 3.8) is 0 Å². The van der Waals surface area contributed by atoms with Gasteiger partial charge in [0.05, 0.1) is 0 Å². The molecule has 1 aliphatic rings. The lowest BCUT2D eigenvalue weighted by molar-refractivity contribution is 0.0886. The number of amides is 1. The number of rotatable bonds is 3. The second-order valence-corrected chi connectivity index (χ2v) is 4.69. The molecule has 1 saturated carbocycles. The van der Waals surface area contributed by atoms with Crippen molar-refractivity contribution in [2.75, 3.05) is 12.3 Å². The van der Waals surface area contributed by atoms with Crippen LogP contribution >= 0.6 is 0 Å². The number of hydrogen-bond donors (Lipinski definition) is 3. The van der Waals surface area contributed by atoms with Gasteiger partial charge < -0.3 is 16.0 Å². The second-order valence-electron chi connectivity index (χ2n) is 4.69. The summed E-state index contributed by atoms with van der Waals surface area (Å²) in [5.41, 5.74) is 6.97. The zero-order valence-electron chi connectivity index (χ0n) is 8.97. The highest BCUT2D eigenvalue weighted by atomic mass is 16.1. The maximum absolute atomic E-state index is 11.6. The molecule has 0 aliphatic heterocycles. The number of nitrogens with one attached hydrogen (secondary N) is 2. The zero-order valence-corrected chi connectivity index (χ0v) is 8.97. The Morgan fingerprint density at radius 3 is 2.87 bits per heavy atom. The number of nitrogen functional groups attached to an aromatic ring is 1. The minimum atomic E-state index is -0.0696. The molecule has 15 heavy (non-hydrogen) atoms. The summed E-state index contributed by atoms with van der Waals surface area (Å²) in [6.45, 7) is 2.96. The Bertz CT molecular complexity index is 366. The molecular formula is C11H17N3O. The van der Waals surface area contributed by atoms with E-state index in [2.05, 4.69) is 17.2 Å². The summed E-state index contributed by atoms with van der Waals surface area (Å²) in [4.78, 5) is 14.5. The second kappa shape index (κ2) is 3.61. The van der Waals surface area contributed by atoms with Crippen molar-refractivity contribution in [1.82, 2.24) is 10.3 Å². The van der Waals surface area contributed by atoms with Crippen LogP contribution in [0.25, 0.3) is 0 Å². The van der Waals surface area contributed by atoms with Crippen molar-refractivity contribution < 1.29 is 4.79 Å². The molecule has 1 fully saturated rings. The molecule has 2 rings (SSSR count). The lowest BCUT2D eigenvalue weighted by Gasteiger charge is -2.38. The molecule has 1 heterocycles. The van der Waals surface area contributed by atoms with E-state index in [-0.39, 0.29) is 5.91 Å². The highest BCUT2D eigenvalue weighted by Crippen LogP contribution is 2.39. The number of carbonyl (C=O) groups is 1. The first-order chi connectivity index (χ1) is 7.09. The quantitative estimate of drug-likeness (QED) is 0.703. The highest BCUT2D eigenvalue weighted by molar-refractivity contribution is 5.93. The molecule has 0 radical (unpaired) electrons. The van der Waals surface area contributed by atoms with E-state index >= 15 is 0 Å². The van der Waals surface area contributed by atoms with Gasteiger partial charge in [-0.1, -0.05) is 13.3 Å². The van der Waals surface area contributed by atoms with Gasteiger partial charge in [0.1, 0.15) is 5.69 Å². The van der Waals surface area contributed by atoms with Gasteiger partial charge in [0.2, 0.25) is 0 Å². The van der Waals surface area contributed by atoms with Crippen LogP contribution in [-0.4, -0.2) is 17.4 Å². The van der Waals surface area contributed by atoms with Gasteiger partial charge in [-0.05, 0) is 24.3 Å². The van der Waals surface area contributed by atoms with Gasteiger partial charge >= 0.3 is 0 Å². The number of aromatic nitrogens is 1. The standard InChI is InChI=1S/C11H17N3O/c1-11(3-2-4-11)7-14-10(15)9-5-8(12)6-13-9/h5-6,13H,2-4,7,12H2,1H3,(H,14,15). The van der Waals surface area contributed by atoms with Gasteiger partial charge in [-0.2, -0.15) is 0 Å². The highest BCUT2D eigenvalue weighted by Gasteiger charge is 2.31. The maximum Gasteiger partial charge on any atom is 0.267 e. The minimum Gasteiger partial charge on any atom is -0.397 e. The predicted molar refractivity (Wildman–Crippen MR) is 59.5 cm³/mol. The number of aromatic amines is 1. The monoisotopic (exact) mass is 207 g/mol. The fourth-order valence-electron chi connectivity index (χ4n) is 1.89. The van der Waals surface area contributed by atoms with E-state index in [1.54, 1.807) is 12.3 Å². The topological polar surface area (TPSA) is 70.9 Å². The predicted octanol–water partition coefficient (Wildman–Crippen LogP) is 1.52. The lowest BCUT2D eigenvalue weighted by Crippen LogP contribution is -2.40. The third-order valence-corrected chi connectivity index (χ3v) is 3.19. The molecule has 4 heteroatoms. The number of carbonyl (C=O) groups excluding carboxylic acids is 1. The smallest absolute Gasteiger partial charge is 0.267 e. The Morgan fingerprint density at radius 2 is 2.40 bits per heavy atom. The van der Waals surface area contributed by atoms with Gasteiger partial charge in [-0.3, -0.25) is 4.79 Å². The number of nitrogens with two attached hydrogens (primary N) is 1. The average Bonchev–Trinajstić information content (AvgIpc) is 2.58. The van der Waals surface area contributed by atoms with Crippen LogP contribution in [0.2, 0.25) is 0 Å². The van der Waals surface area contributed by atoms with Crippen molar-refractivity contribution in [2.24, 2.45) is 5.41 Å². The summed E-state index contributed by atoms with van der Waals surface area (Å²) in [7, 11) is 0. The molecule has 82 valence electrons. The van der Waals surface area contributed by atoms with Gasteiger partial charge in [0.15, 0.2) is 0 Å². The summed E-state index contributed by atoms with van der Waals surface area (Å²) >= 11 is 0. The molecule has 4 nitrogen and oxygen atoms in total. The SMILES string of the molecule is CC1(CNC(=O)c2cc(N)c[nH]2)CCC1. The number of anilines is 1. The van der Waals surface area contributed by atoms with Crippen LogP contribution in [0.3, 0.4) is 0 Å². The average molecular weight is 207 g/mol. The van der Waals surface area contributed by atoms with Gasteiger partial charge in [-0.25, -0.2) is 0 Å². The van der Waals surface area contributed by atoms with E-state index in [4.69, 9.17) is 5.73 Å². The molecule has 1 amide bonds. The summed E-state index contributed by atoms with van der Waals surface area (Å²) in [5, 5.41) is 2.93. The summed E-state index contributed by atoms with van der Waals surface area (Å²) < 4.78 is 0. The Hall–Kier alpha value is -1.45. The summed E-state index contributed by atoms with van der Waals surface area (Å²) in [6.07, 6.45) is 5.32. The minimum absolute atomic E-state index is 0.0696. The largest absolute Gasteiger partial charge is 0.397 e. The van der Waals surface area contributed by atoms with Crippen LogP contribution in [0.5, 0.6) is 0 Å². The van der Waals surface area contributed by atoms with Crippen molar-refractivity contribution >= 4 is 11.6 Å². The Kier molecular flexibility index (Phi) is 2.42. The first-order valence-corrected chi connectivity index (χ1v) is 5.31. The summed E-state index contributed by atoms with van der Waals surface area (Å²) in [6, 6.07) is 1.65. The van der Waals surface area contributed by atoms with Gasteiger partial charge in [-0.15, -0.1) is 0 Å². The number of hydrogen-bond acceptors (Lipinski definition) is 2. The Morgan fingerprint density at radius 1 is 1.67 bits per heavy atom. The Labute approximate surface area is 89.2 Å². The molecule has 0 spiro atoms. The van der Waals surface area contributed by atoms with E-state index in [1.165, 1.54) is 19.3 Å². The fourth-order valence-corrected chi connectivity index (χ4v) is 1.89. The molecule has 1 aliphatic carbocycles. The third-order valence-electron chi connectivity index (χ3n) is 3.19. The molecule has 4 N–H and O–H groups in total. The van der Waals surface area contributed by atoms with Crippen LogP contribution in [0.15, 0.2) is 12.3 Å². The van der Waals surface area contributed by atoms with Crippen molar-refractivity contribution in [1.29, 1.82) is 0 Å². The van der Waals surface area contributed by atoms with Crippen LogP contribution in [0.4, 0.5) is 5.69 Å². The molecule has 0 unspecified atom stereocenters. The first kappa shape index (κ1) is 10.1. The van der Waals surface area contributed by atoms with Crippen molar-refractivity contribution in [3.05, 3.63) is 18.0 Å². The fraction of sp³-hybridized carbons (Fsp3) is 0.545. The van der Waals surface area contributed by atoms with Gasteiger partial charge in [0.25, 0.3) is 5.91 Å². The maximum atomic E-state index is 11.6. The number of H-pyrrole nitrogens is 1. The first-order valence-electron chi connectivity index (χ1n) is 5.31. The normalized spacial score (nSPS) is 18.2. The van der Waals surface area contributed by atoms with Crippen LogP contribution in [0, 0.1) is 5.41 Å². The van der Waals surface area contributed by atoms with E-state index in [0.29, 0.717) is 16.8 Å². The van der Waals surface area contributed by atoms with E-state index in [0.717, 1.165) is 6.54 Å². The molecule has 0 aromatic carbocycles. The zero-order chi connectivity index (χ0) is 10.9. The van der Waals surface area contributed by atoms with Crippen molar-refractivity contribution in [2.45, 2.75) is 26.2 Å². The van der Waals surface area contributed by atoms with Crippen LogP contribution in [-0.2, 0) is 0 Å². The molecule has 0 atom stereocenters.